The van der Waals surface area contributed by atoms with Crippen molar-refractivity contribution in [1.29, 1.82) is 0 Å². The second-order valence-corrected chi connectivity index (χ2v) is 3.54. The summed E-state index contributed by atoms with van der Waals surface area (Å²) in [6, 6.07) is 11.2. The molecule has 1 aromatic heterocycles. The quantitative estimate of drug-likeness (QED) is 0.399. The summed E-state index contributed by atoms with van der Waals surface area (Å²) in [5.41, 5.74) is 0.557. The predicted octanol–water partition coefficient (Wildman–Crippen LogP) is 2.77. The van der Waals surface area contributed by atoms with Gasteiger partial charge in [-0.15, -0.1) is 0 Å². The first-order chi connectivity index (χ1) is 9.65. The van der Waals surface area contributed by atoms with Crippen LogP contribution >= 0.6 is 0 Å². The molecule has 1 amide bonds. The third kappa shape index (κ3) is 3.67. The highest BCUT2D eigenvalue weighted by Crippen LogP contribution is 2.13. The normalized spacial score (nSPS) is 10.4. The molecule has 0 atom stereocenters. The Morgan fingerprint density at radius 2 is 2.05 bits per heavy atom. The van der Waals surface area contributed by atoms with Crippen LogP contribution in [0.5, 0.6) is 0 Å². The largest absolute Gasteiger partial charge is 0.437 e. The van der Waals surface area contributed by atoms with Crippen molar-refractivity contribution in [2.75, 3.05) is 5.32 Å². The van der Waals surface area contributed by atoms with Crippen molar-refractivity contribution in [3.63, 3.8) is 0 Å². The lowest BCUT2D eigenvalue weighted by Gasteiger charge is -2.00. The van der Waals surface area contributed by atoms with Crippen molar-refractivity contribution in [1.82, 2.24) is 0 Å². The molecular weight excluding hydrogens is 266 g/mol. The minimum atomic E-state index is -0.784. The molecule has 1 heterocycles. The van der Waals surface area contributed by atoms with E-state index in [0.717, 1.165) is 6.21 Å². The number of carbonyl (C=O) groups is 1. The number of oxime groups is 1. The van der Waals surface area contributed by atoms with Gasteiger partial charge in [-0.05, 0) is 18.2 Å². The molecule has 2 rings (SSSR count). The Morgan fingerprint density at radius 3 is 2.70 bits per heavy atom. The molecule has 0 unspecified atom stereocenters. The van der Waals surface area contributed by atoms with Gasteiger partial charge in [0.05, 0.1) is 6.07 Å². The highest BCUT2D eigenvalue weighted by Gasteiger charge is 2.10. The Bertz CT molecular complexity index is 636. The van der Waals surface area contributed by atoms with E-state index >= 15 is 0 Å². The zero-order valence-corrected chi connectivity index (χ0v) is 10.1. The van der Waals surface area contributed by atoms with E-state index in [0.29, 0.717) is 5.69 Å². The number of nitrogens with zero attached hydrogens (tertiary/aromatic N) is 2. The summed E-state index contributed by atoms with van der Waals surface area (Å²) in [5.74, 6) is -0.315. The van der Waals surface area contributed by atoms with E-state index in [1.165, 1.54) is 12.1 Å². The van der Waals surface area contributed by atoms with Gasteiger partial charge in [-0.2, -0.15) is 0 Å². The minimum absolute atomic E-state index is 0.101. The number of nitrogens with one attached hydrogen (secondary N) is 1. The number of nitro groups is 1. The second-order valence-electron chi connectivity index (χ2n) is 3.54. The van der Waals surface area contributed by atoms with Crippen LogP contribution in [0.1, 0.15) is 5.76 Å². The van der Waals surface area contributed by atoms with Crippen molar-refractivity contribution < 1.29 is 19.0 Å². The van der Waals surface area contributed by atoms with Crippen LogP contribution in [0.4, 0.5) is 16.4 Å². The van der Waals surface area contributed by atoms with E-state index in [-0.39, 0.29) is 5.76 Å². The molecule has 8 heteroatoms. The minimum Gasteiger partial charge on any atom is -0.400 e. The highest BCUT2D eigenvalue weighted by atomic mass is 16.7. The van der Waals surface area contributed by atoms with E-state index in [9.17, 15) is 14.9 Å². The first-order valence-corrected chi connectivity index (χ1v) is 5.46. The molecule has 1 aromatic carbocycles. The molecule has 0 saturated carbocycles. The van der Waals surface area contributed by atoms with E-state index < -0.39 is 16.9 Å². The molecule has 0 bridgehead atoms. The van der Waals surface area contributed by atoms with Crippen molar-refractivity contribution in [2.45, 2.75) is 0 Å². The van der Waals surface area contributed by atoms with Crippen molar-refractivity contribution in [3.8, 4) is 0 Å². The average Bonchev–Trinajstić information content (AvgIpc) is 2.89. The zero-order valence-electron chi connectivity index (χ0n) is 10.1. The van der Waals surface area contributed by atoms with Crippen LogP contribution in [-0.4, -0.2) is 17.2 Å². The summed E-state index contributed by atoms with van der Waals surface area (Å²) in [6.07, 6.45) is 0.269. The first-order valence-electron chi connectivity index (χ1n) is 5.46. The number of rotatable bonds is 4. The van der Waals surface area contributed by atoms with Gasteiger partial charge in [0.1, 0.15) is 11.1 Å². The molecule has 0 aliphatic rings. The lowest BCUT2D eigenvalue weighted by Crippen LogP contribution is -2.10. The van der Waals surface area contributed by atoms with Gasteiger partial charge in [-0.3, -0.25) is 20.3 Å². The molecule has 0 aliphatic carbocycles. The fourth-order valence-electron chi connectivity index (χ4n) is 1.30. The van der Waals surface area contributed by atoms with Gasteiger partial charge in [-0.25, -0.2) is 4.79 Å². The standard InChI is InChI=1S/C12H9N3O5/c16-12(14-9-4-2-1-3-5-9)20-13-8-10-6-7-11(19-10)15(17)18/h1-8H,(H,14,16). The molecule has 0 spiro atoms. The molecule has 0 saturated heterocycles. The number of hydrogen-bond donors (Lipinski definition) is 1. The van der Waals surface area contributed by atoms with Crippen LogP contribution in [0.15, 0.2) is 52.0 Å². The van der Waals surface area contributed by atoms with Gasteiger partial charge in [0.25, 0.3) is 0 Å². The molecule has 102 valence electrons. The lowest BCUT2D eigenvalue weighted by molar-refractivity contribution is -0.402. The topological polar surface area (TPSA) is 107 Å². The average molecular weight is 275 g/mol. The van der Waals surface area contributed by atoms with Gasteiger partial charge in [0.2, 0.25) is 0 Å². The molecule has 1 N–H and O–H groups in total. The number of hydrogen-bond acceptors (Lipinski definition) is 6. The second kappa shape index (κ2) is 6.14. The lowest BCUT2D eigenvalue weighted by atomic mass is 10.3. The Labute approximate surface area is 112 Å². The number of anilines is 1. The molecule has 2 aromatic rings. The van der Waals surface area contributed by atoms with Gasteiger partial charge in [-0.1, -0.05) is 23.4 Å². The fourth-order valence-corrected chi connectivity index (χ4v) is 1.30. The maximum Gasteiger partial charge on any atom is 0.437 e. The maximum absolute atomic E-state index is 11.3. The third-order valence-electron chi connectivity index (χ3n) is 2.13. The first kappa shape index (κ1) is 13.3. The van der Waals surface area contributed by atoms with Crippen LogP contribution < -0.4 is 5.32 Å². The van der Waals surface area contributed by atoms with Crippen LogP contribution in [0.25, 0.3) is 0 Å². The van der Waals surface area contributed by atoms with Gasteiger partial charge >= 0.3 is 12.0 Å². The Hall–Kier alpha value is -3.16. The molecule has 0 aliphatic heterocycles. The van der Waals surface area contributed by atoms with E-state index in [1.807, 2.05) is 0 Å². The molecule has 0 radical (unpaired) electrons. The van der Waals surface area contributed by atoms with Crippen LogP contribution in [0.3, 0.4) is 0 Å². The van der Waals surface area contributed by atoms with Gasteiger partial charge in [0.15, 0.2) is 5.76 Å². The predicted molar refractivity (Wildman–Crippen MR) is 69.5 cm³/mol. The Balaban J connectivity index is 1.86. The zero-order chi connectivity index (χ0) is 14.4. The van der Waals surface area contributed by atoms with Crippen LogP contribution in [0, 0.1) is 10.1 Å². The molecule has 8 nitrogen and oxygen atoms in total. The highest BCUT2D eigenvalue weighted by molar-refractivity contribution is 5.85. The van der Waals surface area contributed by atoms with Gasteiger partial charge in [0, 0.05) is 5.69 Å². The number of amides is 1. The number of benzene rings is 1. The van der Waals surface area contributed by atoms with Gasteiger partial charge < -0.3 is 4.42 Å². The Morgan fingerprint density at radius 1 is 1.30 bits per heavy atom. The number of carbonyl (C=O) groups excluding carboxylic acids is 1. The van der Waals surface area contributed by atoms with E-state index in [2.05, 4.69) is 15.3 Å². The number of furan rings is 1. The van der Waals surface area contributed by atoms with Crippen molar-refractivity contribution in [3.05, 3.63) is 58.3 Å². The summed E-state index contributed by atoms with van der Waals surface area (Å²) < 4.78 is 4.79. The third-order valence-corrected chi connectivity index (χ3v) is 2.13. The summed E-state index contributed by atoms with van der Waals surface area (Å²) in [5, 5.41) is 16.2. The summed E-state index contributed by atoms with van der Waals surface area (Å²) in [7, 11) is 0. The molecular formula is C12H9N3O5. The van der Waals surface area contributed by atoms with Crippen molar-refractivity contribution >= 4 is 23.9 Å². The van der Waals surface area contributed by atoms with Crippen LogP contribution in [-0.2, 0) is 4.84 Å². The molecule has 0 fully saturated rings. The van der Waals surface area contributed by atoms with E-state index in [4.69, 9.17) is 4.42 Å². The smallest absolute Gasteiger partial charge is 0.400 e. The van der Waals surface area contributed by atoms with Crippen LogP contribution in [0.2, 0.25) is 0 Å². The monoisotopic (exact) mass is 275 g/mol. The van der Waals surface area contributed by atoms with E-state index in [1.54, 1.807) is 30.3 Å². The summed E-state index contributed by atoms with van der Waals surface area (Å²) in [4.78, 5) is 25.5. The maximum atomic E-state index is 11.3. The summed E-state index contributed by atoms with van der Waals surface area (Å²) >= 11 is 0. The summed E-state index contributed by atoms with van der Waals surface area (Å²) in [6.45, 7) is 0. The number of para-hydroxylation sites is 1. The SMILES string of the molecule is O=C(Nc1ccccc1)ON=Cc1ccc([N+](=O)[O-])o1. The van der Waals surface area contributed by atoms with Crippen molar-refractivity contribution in [2.24, 2.45) is 5.16 Å². The Kier molecular flexibility index (Phi) is 4.07. The fraction of sp³-hybridized carbons (Fsp3) is 0. The molecule has 20 heavy (non-hydrogen) atoms.